The Balaban J connectivity index is 2.23. The second-order valence-corrected chi connectivity index (χ2v) is 5.74. The smallest absolute Gasteiger partial charge is 0.239 e. The second-order valence-electron chi connectivity index (χ2n) is 5.30. The zero-order valence-corrected chi connectivity index (χ0v) is 11.8. The maximum Gasteiger partial charge on any atom is 0.239 e. The number of nitrogens with zero attached hydrogens (tertiary/aromatic N) is 1. The van der Waals surface area contributed by atoms with Crippen LogP contribution in [0.1, 0.15) is 19.8 Å². The van der Waals surface area contributed by atoms with Crippen LogP contribution in [0.4, 0.5) is 10.1 Å². The van der Waals surface area contributed by atoms with Gasteiger partial charge in [0.25, 0.3) is 0 Å². The average Bonchev–Trinajstić information content (AvgIpc) is 2.33. The maximum atomic E-state index is 12.9. The van der Waals surface area contributed by atoms with Gasteiger partial charge in [-0.25, -0.2) is 4.39 Å². The third-order valence-corrected chi connectivity index (χ3v) is 4.18. The molecule has 0 saturated heterocycles. The number of hydrogen-bond acceptors (Lipinski definition) is 2. The molecule has 0 atom stereocenters. The Kier molecular flexibility index (Phi) is 3.58. The SMILES string of the molecule is CC1CC(C(=O)N(C)c2ccc(F)cc2)(C(N)=S)C1. The van der Waals surface area contributed by atoms with E-state index in [9.17, 15) is 9.18 Å². The first-order valence-electron chi connectivity index (χ1n) is 6.20. The molecule has 1 aromatic rings. The van der Waals surface area contributed by atoms with Gasteiger partial charge in [0, 0.05) is 12.7 Å². The first-order chi connectivity index (χ1) is 8.86. The molecule has 1 aliphatic rings. The first-order valence-corrected chi connectivity index (χ1v) is 6.61. The third-order valence-electron chi connectivity index (χ3n) is 3.79. The molecule has 3 nitrogen and oxygen atoms in total. The molecule has 0 aromatic heterocycles. The van der Waals surface area contributed by atoms with Gasteiger partial charge in [-0.2, -0.15) is 0 Å². The molecule has 19 heavy (non-hydrogen) atoms. The fourth-order valence-corrected chi connectivity index (χ4v) is 2.97. The van der Waals surface area contributed by atoms with Gasteiger partial charge in [-0.3, -0.25) is 4.79 Å². The molecule has 102 valence electrons. The fraction of sp³-hybridized carbons (Fsp3) is 0.429. The lowest BCUT2D eigenvalue weighted by molar-refractivity contribution is -0.129. The molecule has 0 spiro atoms. The lowest BCUT2D eigenvalue weighted by Crippen LogP contribution is -2.56. The summed E-state index contributed by atoms with van der Waals surface area (Å²) in [5, 5.41) is 0. The van der Waals surface area contributed by atoms with Gasteiger partial charge in [-0.1, -0.05) is 19.1 Å². The monoisotopic (exact) mass is 280 g/mol. The fourth-order valence-electron chi connectivity index (χ4n) is 2.71. The number of amides is 1. The summed E-state index contributed by atoms with van der Waals surface area (Å²) in [5.74, 6) is 0.0164. The van der Waals surface area contributed by atoms with Gasteiger partial charge < -0.3 is 10.6 Å². The summed E-state index contributed by atoms with van der Waals surface area (Å²) in [4.78, 5) is 14.3. The summed E-state index contributed by atoms with van der Waals surface area (Å²) in [6, 6.07) is 5.80. The van der Waals surface area contributed by atoms with E-state index in [1.165, 1.54) is 17.0 Å². The zero-order valence-electron chi connectivity index (χ0n) is 11.0. The van der Waals surface area contributed by atoms with Crippen molar-refractivity contribution in [2.24, 2.45) is 17.1 Å². The van der Waals surface area contributed by atoms with Crippen molar-refractivity contribution in [1.29, 1.82) is 0 Å². The van der Waals surface area contributed by atoms with Gasteiger partial charge in [-0.15, -0.1) is 0 Å². The van der Waals surface area contributed by atoms with Gasteiger partial charge in [-0.05, 0) is 43.0 Å². The average molecular weight is 280 g/mol. The second kappa shape index (κ2) is 4.89. The number of rotatable bonds is 3. The topological polar surface area (TPSA) is 46.3 Å². The standard InChI is InChI=1S/C14H17FN2OS/c1-9-7-14(8-9,12(16)19)13(18)17(2)11-5-3-10(15)4-6-11/h3-6,9H,7-8H2,1-2H3,(H2,16,19). The van der Waals surface area contributed by atoms with Crippen molar-refractivity contribution in [1.82, 2.24) is 0 Å². The highest BCUT2D eigenvalue weighted by Crippen LogP contribution is 2.47. The van der Waals surface area contributed by atoms with Crippen molar-refractivity contribution >= 4 is 28.8 Å². The van der Waals surface area contributed by atoms with Crippen molar-refractivity contribution in [2.45, 2.75) is 19.8 Å². The summed E-state index contributed by atoms with van der Waals surface area (Å²) in [6.45, 7) is 2.07. The minimum atomic E-state index is -0.724. The van der Waals surface area contributed by atoms with E-state index in [4.69, 9.17) is 18.0 Å². The molecule has 0 aliphatic heterocycles. The number of benzene rings is 1. The van der Waals surface area contributed by atoms with Crippen LogP contribution in [0.5, 0.6) is 0 Å². The van der Waals surface area contributed by atoms with E-state index >= 15 is 0 Å². The van der Waals surface area contributed by atoms with E-state index in [1.807, 2.05) is 0 Å². The quantitative estimate of drug-likeness (QED) is 0.865. The number of halogens is 1. The van der Waals surface area contributed by atoms with E-state index in [-0.39, 0.29) is 16.7 Å². The third kappa shape index (κ3) is 2.34. The van der Waals surface area contributed by atoms with Crippen LogP contribution >= 0.6 is 12.2 Å². The molecule has 1 fully saturated rings. The van der Waals surface area contributed by atoms with Crippen molar-refractivity contribution in [3.63, 3.8) is 0 Å². The Labute approximate surface area is 117 Å². The zero-order chi connectivity index (χ0) is 14.2. The number of carbonyl (C=O) groups excluding carboxylic acids is 1. The Bertz CT molecular complexity index is 509. The molecule has 0 unspecified atom stereocenters. The molecular weight excluding hydrogens is 263 g/mol. The van der Waals surface area contributed by atoms with Crippen LogP contribution < -0.4 is 10.6 Å². The molecule has 1 aliphatic carbocycles. The Morgan fingerprint density at radius 3 is 2.37 bits per heavy atom. The van der Waals surface area contributed by atoms with E-state index in [1.54, 1.807) is 19.2 Å². The summed E-state index contributed by atoms with van der Waals surface area (Å²) in [5.41, 5.74) is 5.68. The van der Waals surface area contributed by atoms with Crippen molar-refractivity contribution in [3.8, 4) is 0 Å². The summed E-state index contributed by atoms with van der Waals surface area (Å²) < 4.78 is 12.9. The van der Waals surface area contributed by atoms with Crippen molar-refractivity contribution < 1.29 is 9.18 Å². The van der Waals surface area contributed by atoms with Crippen molar-refractivity contribution in [3.05, 3.63) is 30.1 Å². The van der Waals surface area contributed by atoms with Crippen LogP contribution in [0, 0.1) is 17.2 Å². The van der Waals surface area contributed by atoms with Crippen molar-refractivity contribution in [2.75, 3.05) is 11.9 Å². The van der Waals surface area contributed by atoms with Crippen LogP contribution in [-0.4, -0.2) is 17.9 Å². The Morgan fingerprint density at radius 1 is 1.42 bits per heavy atom. The van der Waals surface area contributed by atoms with Crippen LogP contribution in [0.25, 0.3) is 0 Å². The first kappa shape index (κ1) is 13.9. The maximum absolute atomic E-state index is 12.9. The minimum Gasteiger partial charge on any atom is -0.392 e. The highest BCUT2D eigenvalue weighted by atomic mass is 32.1. The lowest BCUT2D eigenvalue weighted by atomic mass is 9.61. The van der Waals surface area contributed by atoms with Gasteiger partial charge in [0.15, 0.2) is 0 Å². The predicted octanol–water partition coefficient (Wildman–Crippen LogP) is 2.49. The van der Waals surface area contributed by atoms with Crippen LogP contribution in [0.3, 0.4) is 0 Å². The highest BCUT2D eigenvalue weighted by Gasteiger charge is 2.52. The Morgan fingerprint density at radius 2 is 1.95 bits per heavy atom. The molecule has 0 bridgehead atoms. The van der Waals surface area contributed by atoms with E-state index in [0.29, 0.717) is 24.4 Å². The number of thiocarbonyl (C=S) groups is 1. The molecule has 0 radical (unpaired) electrons. The van der Waals surface area contributed by atoms with E-state index in [2.05, 4.69) is 6.92 Å². The number of carbonyl (C=O) groups is 1. The minimum absolute atomic E-state index is 0.107. The Hall–Kier alpha value is -1.49. The summed E-state index contributed by atoms with van der Waals surface area (Å²) in [6.07, 6.45) is 1.37. The number of hydrogen-bond donors (Lipinski definition) is 1. The molecule has 1 aromatic carbocycles. The number of anilines is 1. The van der Waals surface area contributed by atoms with Gasteiger partial charge in [0.05, 0.1) is 10.4 Å². The largest absolute Gasteiger partial charge is 0.392 e. The molecule has 2 N–H and O–H groups in total. The predicted molar refractivity (Wildman–Crippen MR) is 77.4 cm³/mol. The lowest BCUT2D eigenvalue weighted by Gasteiger charge is -2.45. The van der Waals surface area contributed by atoms with E-state index in [0.717, 1.165) is 0 Å². The molecule has 2 rings (SSSR count). The van der Waals surface area contributed by atoms with Crippen LogP contribution in [0.15, 0.2) is 24.3 Å². The molecule has 0 heterocycles. The van der Waals surface area contributed by atoms with Crippen LogP contribution in [0.2, 0.25) is 0 Å². The van der Waals surface area contributed by atoms with Gasteiger partial charge in [0.2, 0.25) is 5.91 Å². The normalized spacial score (nSPS) is 25.5. The van der Waals surface area contributed by atoms with Crippen LogP contribution in [-0.2, 0) is 4.79 Å². The molecule has 5 heteroatoms. The number of nitrogens with two attached hydrogens (primary N) is 1. The molecular formula is C14H17FN2OS. The van der Waals surface area contributed by atoms with E-state index < -0.39 is 5.41 Å². The van der Waals surface area contributed by atoms with Gasteiger partial charge in [0.1, 0.15) is 5.82 Å². The van der Waals surface area contributed by atoms with Gasteiger partial charge >= 0.3 is 0 Å². The summed E-state index contributed by atoms with van der Waals surface area (Å²) >= 11 is 5.07. The molecule has 1 amide bonds. The highest BCUT2D eigenvalue weighted by molar-refractivity contribution is 7.80. The summed E-state index contributed by atoms with van der Waals surface area (Å²) in [7, 11) is 1.67. The molecule has 1 saturated carbocycles.